The minimum Gasteiger partial charge on any atom is -0.488 e. The average molecular weight is 538 g/mol. The molecule has 1 aliphatic heterocycles. The Hall–Kier alpha value is -2.97. The smallest absolute Gasteiger partial charge is 0.337 e. The first kappa shape index (κ1) is 28.0. The van der Waals surface area contributed by atoms with Gasteiger partial charge in [-0.2, -0.15) is 0 Å². The summed E-state index contributed by atoms with van der Waals surface area (Å²) in [6, 6.07) is 7.98. The van der Waals surface area contributed by atoms with Crippen LogP contribution in [0, 0.1) is 19.3 Å². The highest BCUT2D eigenvalue weighted by atomic mass is 32.1. The van der Waals surface area contributed by atoms with Gasteiger partial charge in [-0.1, -0.05) is 26.0 Å². The highest BCUT2D eigenvalue weighted by Gasteiger charge is 2.36. The number of aliphatic carboxylic acids is 1. The quantitative estimate of drug-likeness (QED) is 0.332. The predicted molar refractivity (Wildman–Crippen MR) is 152 cm³/mol. The second-order valence-electron chi connectivity index (χ2n) is 11.8. The van der Waals surface area contributed by atoms with Gasteiger partial charge < -0.3 is 19.5 Å². The monoisotopic (exact) mass is 537 g/mol. The standard InChI is InChI=1S/C30H39N3O4S/c1-19-24(21-8-10-22(11-9-21)36-17-23-16-31-18-38-23)26(33-14-12-30(6,7)13-15-33)25(20(2)32-19)27(28(34)35)37-29(3,4)5/h8-11,16,18,27H,12-15,17H2,1-7H3,(H,34,35). The number of anilines is 1. The Kier molecular flexibility index (Phi) is 8.14. The molecule has 1 aliphatic rings. The summed E-state index contributed by atoms with van der Waals surface area (Å²) in [5.74, 6) is -0.245. The third kappa shape index (κ3) is 6.53. The van der Waals surface area contributed by atoms with E-state index in [1.165, 1.54) is 0 Å². The summed E-state index contributed by atoms with van der Waals surface area (Å²) in [5.41, 5.74) is 6.43. The van der Waals surface area contributed by atoms with Gasteiger partial charge in [0, 0.05) is 41.8 Å². The van der Waals surface area contributed by atoms with Crippen molar-refractivity contribution in [2.24, 2.45) is 5.41 Å². The molecule has 0 radical (unpaired) electrons. The number of carboxylic acid groups (broad SMARTS) is 1. The van der Waals surface area contributed by atoms with E-state index in [0.29, 0.717) is 17.9 Å². The fourth-order valence-electron chi connectivity index (χ4n) is 4.94. The maximum atomic E-state index is 12.6. The van der Waals surface area contributed by atoms with Crippen molar-refractivity contribution >= 4 is 23.0 Å². The molecule has 1 saturated heterocycles. The Labute approximate surface area is 229 Å². The summed E-state index contributed by atoms with van der Waals surface area (Å²) in [6.07, 6.45) is 2.73. The van der Waals surface area contributed by atoms with Gasteiger partial charge >= 0.3 is 5.97 Å². The number of thiazole rings is 1. The summed E-state index contributed by atoms with van der Waals surface area (Å²) in [5, 5.41) is 10.3. The van der Waals surface area contributed by atoms with Crippen LogP contribution in [0.3, 0.4) is 0 Å². The lowest BCUT2D eigenvalue weighted by atomic mass is 9.82. The summed E-state index contributed by atoms with van der Waals surface area (Å²) >= 11 is 1.56. The van der Waals surface area contributed by atoms with Gasteiger partial charge in [0.1, 0.15) is 12.4 Å². The molecular formula is C30H39N3O4S. The third-order valence-electron chi connectivity index (χ3n) is 6.98. The molecule has 204 valence electrons. The molecule has 8 heteroatoms. The number of piperidine rings is 1. The van der Waals surface area contributed by atoms with Crippen molar-refractivity contribution in [2.75, 3.05) is 18.0 Å². The number of benzene rings is 1. The fourth-order valence-corrected chi connectivity index (χ4v) is 5.45. The first-order chi connectivity index (χ1) is 17.8. The van der Waals surface area contributed by atoms with E-state index in [1.807, 2.05) is 65.1 Å². The number of pyridine rings is 1. The number of rotatable bonds is 8. The normalized spacial score (nSPS) is 16.3. The Morgan fingerprint density at radius 2 is 1.79 bits per heavy atom. The molecule has 0 aliphatic carbocycles. The number of aromatic nitrogens is 2. The van der Waals surface area contributed by atoms with Crippen molar-refractivity contribution < 1.29 is 19.4 Å². The highest BCUT2D eigenvalue weighted by molar-refractivity contribution is 7.09. The lowest BCUT2D eigenvalue weighted by Crippen LogP contribution is -2.39. The van der Waals surface area contributed by atoms with Crippen LogP contribution in [0.2, 0.25) is 0 Å². The maximum Gasteiger partial charge on any atom is 0.337 e. The zero-order chi connectivity index (χ0) is 27.7. The van der Waals surface area contributed by atoms with E-state index < -0.39 is 17.7 Å². The Balaban J connectivity index is 1.81. The van der Waals surface area contributed by atoms with E-state index in [9.17, 15) is 9.90 Å². The highest BCUT2D eigenvalue weighted by Crippen LogP contribution is 2.45. The summed E-state index contributed by atoms with van der Waals surface area (Å²) in [7, 11) is 0. The molecular weight excluding hydrogens is 498 g/mol. The average Bonchev–Trinajstić information content (AvgIpc) is 3.35. The van der Waals surface area contributed by atoms with Crippen molar-refractivity contribution in [1.82, 2.24) is 9.97 Å². The van der Waals surface area contributed by atoms with Gasteiger partial charge in [0.05, 0.1) is 21.7 Å². The molecule has 4 rings (SSSR count). The van der Waals surface area contributed by atoms with Crippen molar-refractivity contribution in [3.05, 3.63) is 57.8 Å². The van der Waals surface area contributed by atoms with Crippen molar-refractivity contribution in [1.29, 1.82) is 0 Å². The van der Waals surface area contributed by atoms with Gasteiger partial charge in [0.2, 0.25) is 0 Å². The SMILES string of the molecule is Cc1nc(C)c(C(OC(C)(C)C)C(=O)O)c(N2CCC(C)(C)CC2)c1-c1ccc(OCc2cncs2)cc1. The summed E-state index contributed by atoms with van der Waals surface area (Å²) in [6.45, 7) is 16.3. The molecule has 1 fully saturated rings. The minimum atomic E-state index is -1.13. The predicted octanol–water partition coefficient (Wildman–Crippen LogP) is 6.97. The second kappa shape index (κ2) is 11.0. The van der Waals surface area contributed by atoms with Gasteiger partial charge in [-0.15, -0.1) is 11.3 Å². The van der Waals surface area contributed by atoms with E-state index in [0.717, 1.165) is 59.1 Å². The number of carbonyl (C=O) groups is 1. The van der Waals surface area contributed by atoms with Crippen LogP contribution >= 0.6 is 11.3 Å². The van der Waals surface area contributed by atoms with Crippen LogP contribution in [0.5, 0.6) is 5.75 Å². The molecule has 1 N–H and O–H groups in total. The topological polar surface area (TPSA) is 84.8 Å². The van der Waals surface area contributed by atoms with Crippen LogP contribution in [0.1, 0.15) is 75.4 Å². The molecule has 1 unspecified atom stereocenters. The van der Waals surface area contributed by atoms with Gasteiger partial charge in [-0.3, -0.25) is 9.97 Å². The van der Waals surface area contributed by atoms with Crippen molar-refractivity contribution in [2.45, 2.75) is 79.6 Å². The molecule has 0 spiro atoms. The zero-order valence-corrected chi connectivity index (χ0v) is 24.3. The summed E-state index contributed by atoms with van der Waals surface area (Å²) in [4.78, 5) is 25.0. The minimum absolute atomic E-state index is 0.249. The molecule has 0 amide bonds. The second-order valence-corrected chi connectivity index (χ2v) is 12.8. The molecule has 2 aromatic heterocycles. The maximum absolute atomic E-state index is 12.6. The van der Waals surface area contributed by atoms with Crippen LogP contribution in [0.4, 0.5) is 5.69 Å². The Bertz CT molecular complexity index is 1250. The van der Waals surface area contributed by atoms with Crippen LogP contribution in [-0.2, 0) is 16.1 Å². The van der Waals surface area contributed by atoms with Gasteiger partial charge in [-0.25, -0.2) is 4.79 Å². The van der Waals surface area contributed by atoms with E-state index >= 15 is 0 Å². The van der Waals surface area contributed by atoms with E-state index in [1.54, 1.807) is 16.8 Å². The number of hydrogen-bond acceptors (Lipinski definition) is 7. The lowest BCUT2D eigenvalue weighted by Gasteiger charge is -2.41. The number of carboxylic acids is 1. The van der Waals surface area contributed by atoms with E-state index in [4.69, 9.17) is 14.5 Å². The lowest BCUT2D eigenvalue weighted by molar-refractivity contribution is -0.160. The third-order valence-corrected chi connectivity index (χ3v) is 7.73. The molecule has 3 aromatic rings. The largest absolute Gasteiger partial charge is 0.488 e. The summed E-state index contributed by atoms with van der Waals surface area (Å²) < 4.78 is 12.1. The number of nitrogens with zero attached hydrogens (tertiary/aromatic N) is 3. The molecule has 3 heterocycles. The first-order valence-corrected chi connectivity index (χ1v) is 14.0. The Morgan fingerprint density at radius 3 is 2.34 bits per heavy atom. The first-order valence-electron chi connectivity index (χ1n) is 13.1. The molecule has 1 aromatic carbocycles. The van der Waals surface area contributed by atoms with E-state index in [2.05, 4.69) is 23.7 Å². The molecule has 0 saturated carbocycles. The van der Waals surface area contributed by atoms with E-state index in [-0.39, 0.29) is 5.41 Å². The fraction of sp³-hybridized carbons (Fsp3) is 0.500. The molecule has 1 atom stereocenters. The zero-order valence-electron chi connectivity index (χ0n) is 23.5. The van der Waals surface area contributed by atoms with Crippen LogP contribution in [-0.4, -0.2) is 39.7 Å². The molecule has 0 bridgehead atoms. The van der Waals surface area contributed by atoms with Gasteiger partial charge in [0.25, 0.3) is 0 Å². The molecule has 38 heavy (non-hydrogen) atoms. The number of aryl methyl sites for hydroxylation is 2. The molecule has 7 nitrogen and oxygen atoms in total. The number of hydrogen-bond donors (Lipinski definition) is 1. The van der Waals surface area contributed by atoms with Crippen LogP contribution in [0.15, 0.2) is 36.0 Å². The number of ether oxygens (including phenoxy) is 2. The van der Waals surface area contributed by atoms with Gasteiger partial charge in [-0.05, 0) is 70.6 Å². The van der Waals surface area contributed by atoms with Crippen LogP contribution in [0.25, 0.3) is 11.1 Å². The van der Waals surface area contributed by atoms with Crippen molar-refractivity contribution in [3.63, 3.8) is 0 Å². The van der Waals surface area contributed by atoms with Crippen LogP contribution < -0.4 is 9.64 Å². The van der Waals surface area contributed by atoms with Crippen molar-refractivity contribution in [3.8, 4) is 16.9 Å². The Morgan fingerprint density at radius 1 is 1.13 bits per heavy atom. The van der Waals surface area contributed by atoms with Gasteiger partial charge in [0.15, 0.2) is 6.10 Å².